The number of nitro groups is 1. The van der Waals surface area contributed by atoms with E-state index < -0.39 is 4.92 Å². The van der Waals surface area contributed by atoms with E-state index in [0.29, 0.717) is 24.6 Å². The van der Waals surface area contributed by atoms with Gasteiger partial charge in [0.2, 0.25) is 5.82 Å². The Labute approximate surface area is 130 Å². The largest absolute Gasteiger partial charge is 1.00 e. The molecule has 1 aromatic heterocycles. The zero-order valence-corrected chi connectivity index (χ0v) is 13.7. The number of quaternary nitrogens is 1. The molecule has 1 heterocycles. The number of aliphatic hydroxyl groups excluding tert-OH is 1. The summed E-state index contributed by atoms with van der Waals surface area (Å²) in [5.41, 5.74) is 0.452. The van der Waals surface area contributed by atoms with Gasteiger partial charge in [0.15, 0.2) is 0 Å². The van der Waals surface area contributed by atoms with Crippen molar-refractivity contribution >= 4 is 11.5 Å². The molecule has 0 aromatic carbocycles. The van der Waals surface area contributed by atoms with Crippen molar-refractivity contribution in [3.8, 4) is 0 Å². The lowest BCUT2D eigenvalue weighted by Crippen LogP contribution is -3.00. The molecule has 0 radical (unpaired) electrons. The standard InChI is InChI=1S/C12H24N5O3.ClH/c1-10-11(16(19)20)12(15(2)14-10)13-6-5-7-17(3,4)8-9-18;/h13,18H,5-9H2,1-4H3;1H/q+1;/p-1. The van der Waals surface area contributed by atoms with E-state index in [-0.39, 0.29) is 24.7 Å². The van der Waals surface area contributed by atoms with Gasteiger partial charge in [-0.25, -0.2) is 4.68 Å². The second-order valence-corrected chi connectivity index (χ2v) is 5.55. The number of hydrogen-bond donors (Lipinski definition) is 2. The fraction of sp³-hybridized carbons (Fsp3) is 0.750. The average Bonchev–Trinajstić information content (AvgIpc) is 2.59. The molecule has 0 fully saturated rings. The van der Waals surface area contributed by atoms with Gasteiger partial charge in [0, 0.05) is 20.0 Å². The zero-order valence-electron chi connectivity index (χ0n) is 13.0. The van der Waals surface area contributed by atoms with Crippen molar-refractivity contribution < 1.29 is 26.9 Å². The number of aliphatic hydroxyl groups is 1. The van der Waals surface area contributed by atoms with Crippen LogP contribution in [0.15, 0.2) is 0 Å². The van der Waals surface area contributed by atoms with Gasteiger partial charge in [-0.15, -0.1) is 0 Å². The molecule has 0 saturated carbocycles. The highest BCUT2D eigenvalue weighted by molar-refractivity contribution is 5.59. The summed E-state index contributed by atoms with van der Waals surface area (Å²) in [5, 5.41) is 27.1. The molecule has 122 valence electrons. The van der Waals surface area contributed by atoms with Crippen molar-refractivity contribution in [2.24, 2.45) is 7.05 Å². The number of likely N-dealkylation sites (N-methyl/N-ethyl adjacent to an activating group) is 1. The summed E-state index contributed by atoms with van der Waals surface area (Å²) in [6.07, 6.45) is 0.856. The first-order chi connectivity index (χ1) is 9.28. The second-order valence-electron chi connectivity index (χ2n) is 5.55. The summed E-state index contributed by atoms with van der Waals surface area (Å²) >= 11 is 0. The summed E-state index contributed by atoms with van der Waals surface area (Å²) in [5.74, 6) is 0.444. The quantitative estimate of drug-likeness (QED) is 0.239. The number of aromatic nitrogens is 2. The number of aryl methyl sites for hydroxylation is 2. The van der Waals surface area contributed by atoms with Crippen molar-refractivity contribution in [3.05, 3.63) is 15.8 Å². The Morgan fingerprint density at radius 1 is 1.43 bits per heavy atom. The molecule has 8 nitrogen and oxygen atoms in total. The van der Waals surface area contributed by atoms with Crippen LogP contribution in [-0.4, -0.2) is 64.6 Å². The maximum Gasteiger partial charge on any atom is 0.333 e. The Hall–Kier alpha value is -1.38. The van der Waals surface area contributed by atoms with E-state index in [1.165, 1.54) is 4.68 Å². The van der Waals surface area contributed by atoms with Crippen molar-refractivity contribution in [1.29, 1.82) is 0 Å². The lowest BCUT2D eigenvalue weighted by Gasteiger charge is -2.28. The maximum absolute atomic E-state index is 11.0. The molecule has 0 unspecified atom stereocenters. The SMILES string of the molecule is Cc1nn(C)c(NCCC[N+](C)(C)CCO)c1[N+](=O)[O-].[Cl-]. The fourth-order valence-corrected chi connectivity index (χ4v) is 2.16. The smallest absolute Gasteiger partial charge is 0.333 e. The van der Waals surface area contributed by atoms with Gasteiger partial charge in [0.1, 0.15) is 12.2 Å². The van der Waals surface area contributed by atoms with Crippen molar-refractivity contribution in [2.75, 3.05) is 45.7 Å². The summed E-state index contributed by atoms with van der Waals surface area (Å²) in [7, 11) is 5.79. The molecule has 0 aliphatic rings. The van der Waals surface area contributed by atoms with E-state index in [2.05, 4.69) is 10.4 Å². The molecule has 1 rings (SSSR count). The minimum atomic E-state index is -0.406. The number of nitrogens with one attached hydrogen (secondary N) is 1. The lowest BCUT2D eigenvalue weighted by atomic mass is 10.3. The maximum atomic E-state index is 11.0. The highest BCUT2D eigenvalue weighted by Gasteiger charge is 2.23. The number of halogens is 1. The number of rotatable bonds is 8. The molecular formula is C12H24ClN5O3. The van der Waals surface area contributed by atoms with Crippen LogP contribution < -0.4 is 17.7 Å². The van der Waals surface area contributed by atoms with Gasteiger partial charge in [-0.05, 0) is 6.92 Å². The topological polar surface area (TPSA) is 93.2 Å². The second kappa shape index (κ2) is 8.16. The molecule has 2 N–H and O–H groups in total. The van der Waals surface area contributed by atoms with Gasteiger partial charge < -0.3 is 27.3 Å². The lowest BCUT2D eigenvalue weighted by molar-refractivity contribution is -0.890. The predicted molar refractivity (Wildman–Crippen MR) is 76.6 cm³/mol. The summed E-state index contributed by atoms with van der Waals surface area (Å²) in [4.78, 5) is 10.6. The molecule has 0 amide bonds. The minimum Gasteiger partial charge on any atom is -1.00 e. The van der Waals surface area contributed by atoms with Gasteiger partial charge in [-0.2, -0.15) is 5.10 Å². The normalized spacial score (nSPS) is 11.1. The van der Waals surface area contributed by atoms with Gasteiger partial charge in [0.25, 0.3) is 0 Å². The Morgan fingerprint density at radius 3 is 2.57 bits per heavy atom. The average molecular weight is 322 g/mol. The molecule has 0 saturated heterocycles. The van der Waals surface area contributed by atoms with Gasteiger partial charge in [-0.1, -0.05) is 0 Å². The van der Waals surface area contributed by atoms with Crippen LogP contribution in [0.3, 0.4) is 0 Å². The molecule has 0 bridgehead atoms. The predicted octanol–water partition coefficient (Wildman–Crippen LogP) is -2.49. The third-order valence-electron chi connectivity index (χ3n) is 3.31. The van der Waals surface area contributed by atoms with Crippen LogP contribution in [0.25, 0.3) is 0 Å². The van der Waals surface area contributed by atoms with Crippen LogP contribution in [0.2, 0.25) is 0 Å². The molecule has 1 aromatic rings. The molecule has 9 heteroatoms. The van der Waals surface area contributed by atoms with E-state index >= 15 is 0 Å². The highest BCUT2D eigenvalue weighted by atomic mass is 35.5. The highest BCUT2D eigenvalue weighted by Crippen LogP contribution is 2.26. The molecule has 0 aliphatic carbocycles. The van der Waals surface area contributed by atoms with E-state index in [4.69, 9.17) is 5.11 Å². The van der Waals surface area contributed by atoms with Crippen molar-refractivity contribution in [1.82, 2.24) is 9.78 Å². The third-order valence-corrected chi connectivity index (χ3v) is 3.31. The third kappa shape index (κ3) is 5.49. The number of nitrogens with zero attached hydrogens (tertiary/aromatic N) is 4. The van der Waals surface area contributed by atoms with Crippen LogP contribution in [-0.2, 0) is 7.05 Å². The first kappa shape index (κ1) is 19.6. The van der Waals surface area contributed by atoms with Gasteiger partial charge in [0.05, 0.1) is 32.2 Å². The molecule has 21 heavy (non-hydrogen) atoms. The summed E-state index contributed by atoms with van der Waals surface area (Å²) in [6.45, 7) is 4.01. The first-order valence-electron chi connectivity index (χ1n) is 6.63. The van der Waals surface area contributed by atoms with Crippen molar-refractivity contribution in [3.63, 3.8) is 0 Å². The van der Waals surface area contributed by atoms with Crippen LogP contribution in [0, 0.1) is 17.0 Å². The Kier molecular flexibility index (Phi) is 7.62. The fourth-order valence-electron chi connectivity index (χ4n) is 2.16. The van der Waals surface area contributed by atoms with Gasteiger partial charge >= 0.3 is 5.69 Å². The first-order valence-corrected chi connectivity index (χ1v) is 6.63. The van der Waals surface area contributed by atoms with Crippen LogP contribution in [0.1, 0.15) is 12.1 Å². The molecule has 0 aliphatic heterocycles. The minimum absolute atomic E-state index is 0. The van der Waals surface area contributed by atoms with E-state index in [0.717, 1.165) is 17.4 Å². The molecular weight excluding hydrogens is 298 g/mol. The van der Waals surface area contributed by atoms with E-state index in [9.17, 15) is 10.1 Å². The van der Waals surface area contributed by atoms with Gasteiger partial charge in [-0.3, -0.25) is 10.1 Å². The van der Waals surface area contributed by atoms with Crippen LogP contribution >= 0.6 is 0 Å². The summed E-state index contributed by atoms with van der Waals surface area (Å²) in [6, 6.07) is 0. The number of anilines is 1. The monoisotopic (exact) mass is 321 g/mol. The van der Waals surface area contributed by atoms with E-state index in [1.54, 1.807) is 14.0 Å². The molecule has 0 spiro atoms. The van der Waals surface area contributed by atoms with Crippen molar-refractivity contribution in [2.45, 2.75) is 13.3 Å². The Balaban J connectivity index is 0.00000400. The van der Waals surface area contributed by atoms with Crippen LogP contribution in [0.4, 0.5) is 11.5 Å². The van der Waals surface area contributed by atoms with Crippen LogP contribution in [0.5, 0.6) is 0 Å². The Morgan fingerprint density at radius 2 is 2.05 bits per heavy atom. The van der Waals surface area contributed by atoms with E-state index in [1.807, 2.05) is 14.1 Å². The zero-order chi connectivity index (χ0) is 15.3. The Bertz CT molecular complexity index is 476. The molecule has 0 atom stereocenters. The number of hydrogen-bond acceptors (Lipinski definition) is 5. The summed E-state index contributed by atoms with van der Waals surface area (Å²) < 4.78 is 2.23.